The van der Waals surface area contributed by atoms with Gasteiger partial charge in [-0.3, -0.25) is 9.59 Å². The van der Waals surface area contributed by atoms with Crippen LogP contribution in [-0.2, 0) is 9.53 Å². The number of hydrogen-bond acceptors (Lipinski definition) is 3. The third-order valence-corrected chi connectivity index (χ3v) is 3.76. The maximum Gasteiger partial charge on any atom is 0.256 e. The Morgan fingerprint density at radius 1 is 1.14 bits per heavy atom. The van der Waals surface area contributed by atoms with Gasteiger partial charge < -0.3 is 14.5 Å². The molecule has 0 aromatic heterocycles. The smallest absolute Gasteiger partial charge is 0.256 e. The summed E-state index contributed by atoms with van der Waals surface area (Å²) in [5, 5.41) is 0. The fraction of sp³-hybridized carbons (Fsp3) is 0.500. The van der Waals surface area contributed by atoms with Gasteiger partial charge in [0.25, 0.3) is 5.91 Å². The van der Waals surface area contributed by atoms with E-state index in [0.717, 1.165) is 0 Å². The monoisotopic (exact) mass is 308 g/mol. The van der Waals surface area contributed by atoms with Crippen molar-refractivity contribution in [1.82, 2.24) is 9.80 Å². The molecule has 1 heterocycles. The number of benzene rings is 1. The molecule has 0 spiro atoms. The zero-order valence-electron chi connectivity index (χ0n) is 12.8. The lowest BCUT2D eigenvalue weighted by atomic mass is 10.2. The van der Waals surface area contributed by atoms with Gasteiger partial charge in [0.1, 0.15) is 5.82 Å². The van der Waals surface area contributed by atoms with E-state index in [4.69, 9.17) is 4.74 Å². The highest BCUT2D eigenvalue weighted by Gasteiger charge is 2.23. The van der Waals surface area contributed by atoms with Gasteiger partial charge in [0.15, 0.2) is 0 Å². The topological polar surface area (TPSA) is 49.9 Å². The number of halogens is 1. The highest BCUT2D eigenvalue weighted by atomic mass is 19.1. The zero-order chi connectivity index (χ0) is 15.9. The molecular formula is C16H21FN2O3. The first kappa shape index (κ1) is 16.4. The van der Waals surface area contributed by atoms with Crippen LogP contribution in [0.4, 0.5) is 4.39 Å². The van der Waals surface area contributed by atoms with Crippen molar-refractivity contribution >= 4 is 11.8 Å². The number of carbonyl (C=O) groups excluding carboxylic acids is 2. The number of ether oxygens (including phenoxy) is 1. The molecule has 1 aromatic carbocycles. The summed E-state index contributed by atoms with van der Waals surface area (Å²) in [4.78, 5) is 27.7. The molecule has 1 aliphatic rings. The third-order valence-electron chi connectivity index (χ3n) is 3.76. The van der Waals surface area contributed by atoms with Gasteiger partial charge in [-0.15, -0.1) is 0 Å². The molecule has 0 aliphatic carbocycles. The molecule has 0 bridgehead atoms. The second kappa shape index (κ2) is 7.89. The molecule has 2 amide bonds. The van der Waals surface area contributed by atoms with E-state index in [1.165, 1.54) is 12.1 Å². The lowest BCUT2D eigenvalue weighted by Gasteiger charge is -2.22. The summed E-state index contributed by atoms with van der Waals surface area (Å²) < 4.78 is 18.6. The van der Waals surface area contributed by atoms with Crippen LogP contribution < -0.4 is 0 Å². The van der Waals surface area contributed by atoms with Crippen molar-refractivity contribution in [3.05, 3.63) is 35.6 Å². The summed E-state index contributed by atoms with van der Waals surface area (Å²) in [5.74, 6) is -0.795. The summed E-state index contributed by atoms with van der Waals surface area (Å²) in [6.07, 6.45) is 1.04. The lowest BCUT2D eigenvalue weighted by molar-refractivity contribution is -0.132. The van der Waals surface area contributed by atoms with Crippen LogP contribution in [0, 0.1) is 5.82 Å². The van der Waals surface area contributed by atoms with Crippen molar-refractivity contribution in [1.29, 1.82) is 0 Å². The Kier molecular flexibility index (Phi) is 5.89. The Labute approximate surface area is 129 Å². The van der Waals surface area contributed by atoms with E-state index in [2.05, 4.69) is 0 Å². The van der Waals surface area contributed by atoms with Gasteiger partial charge >= 0.3 is 0 Å². The van der Waals surface area contributed by atoms with Crippen molar-refractivity contribution in [3.63, 3.8) is 0 Å². The average molecular weight is 308 g/mol. The number of amides is 2. The number of methoxy groups -OCH3 is 1. The molecule has 6 heteroatoms. The Balaban J connectivity index is 1.97. The first-order chi connectivity index (χ1) is 10.6. The second-order valence-corrected chi connectivity index (χ2v) is 5.25. The van der Waals surface area contributed by atoms with Crippen LogP contribution in [0.25, 0.3) is 0 Å². The Morgan fingerprint density at radius 2 is 1.82 bits per heavy atom. The highest BCUT2D eigenvalue weighted by Crippen LogP contribution is 2.13. The van der Waals surface area contributed by atoms with Crippen LogP contribution in [0.1, 0.15) is 23.2 Å². The van der Waals surface area contributed by atoms with Crippen LogP contribution in [0.3, 0.4) is 0 Å². The van der Waals surface area contributed by atoms with Gasteiger partial charge in [-0.05, 0) is 18.6 Å². The number of nitrogens with zero attached hydrogens (tertiary/aromatic N) is 2. The summed E-state index contributed by atoms with van der Waals surface area (Å²) in [6, 6.07) is 5.98. The summed E-state index contributed by atoms with van der Waals surface area (Å²) in [5.41, 5.74) is 0.0849. The lowest BCUT2D eigenvalue weighted by Crippen LogP contribution is -2.37. The van der Waals surface area contributed by atoms with Gasteiger partial charge in [-0.2, -0.15) is 0 Å². The molecule has 5 nitrogen and oxygen atoms in total. The van der Waals surface area contributed by atoms with E-state index in [1.54, 1.807) is 29.0 Å². The SMILES string of the molecule is COCCC(=O)N1CCCN(C(=O)c2ccccc2F)CC1. The molecule has 22 heavy (non-hydrogen) atoms. The van der Waals surface area contributed by atoms with E-state index in [1.807, 2.05) is 0 Å². The minimum atomic E-state index is -0.509. The molecule has 1 fully saturated rings. The Bertz CT molecular complexity index is 536. The fourth-order valence-corrected chi connectivity index (χ4v) is 2.52. The molecule has 0 saturated carbocycles. The van der Waals surface area contributed by atoms with Crippen molar-refractivity contribution in [2.24, 2.45) is 0 Å². The third kappa shape index (κ3) is 4.04. The standard InChI is InChI=1S/C16H21FN2O3/c1-22-12-7-15(20)18-8-4-9-19(11-10-18)16(21)13-5-2-3-6-14(13)17/h2-3,5-6H,4,7-12H2,1H3. The zero-order valence-corrected chi connectivity index (χ0v) is 12.8. The van der Waals surface area contributed by atoms with Crippen molar-refractivity contribution < 1.29 is 18.7 Å². The van der Waals surface area contributed by atoms with Crippen LogP contribution in [0.5, 0.6) is 0 Å². The number of hydrogen-bond donors (Lipinski definition) is 0. The molecular weight excluding hydrogens is 287 g/mol. The van der Waals surface area contributed by atoms with Crippen LogP contribution in [0.2, 0.25) is 0 Å². The number of carbonyl (C=O) groups is 2. The molecule has 1 aromatic rings. The van der Waals surface area contributed by atoms with Gasteiger partial charge in [-0.1, -0.05) is 12.1 Å². The normalized spacial score (nSPS) is 15.5. The Morgan fingerprint density at radius 3 is 2.55 bits per heavy atom. The van der Waals surface area contributed by atoms with E-state index >= 15 is 0 Å². The highest BCUT2D eigenvalue weighted by molar-refractivity contribution is 5.94. The van der Waals surface area contributed by atoms with Crippen LogP contribution in [-0.4, -0.2) is 61.5 Å². The molecule has 1 aliphatic heterocycles. The minimum Gasteiger partial charge on any atom is -0.384 e. The maximum atomic E-state index is 13.7. The molecule has 1 saturated heterocycles. The van der Waals surface area contributed by atoms with E-state index in [9.17, 15) is 14.0 Å². The first-order valence-corrected chi connectivity index (χ1v) is 7.44. The minimum absolute atomic E-state index is 0.0297. The predicted octanol–water partition coefficient (Wildman–Crippen LogP) is 1.54. The summed E-state index contributed by atoms with van der Waals surface area (Å²) >= 11 is 0. The van der Waals surface area contributed by atoms with Gasteiger partial charge in [0.2, 0.25) is 5.91 Å². The summed E-state index contributed by atoms with van der Waals surface area (Å²) in [7, 11) is 1.56. The predicted molar refractivity (Wildman–Crippen MR) is 80.0 cm³/mol. The molecule has 0 atom stereocenters. The molecule has 0 radical (unpaired) electrons. The van der Waals surface area contributed by atoms with E-state index < -0.39 is 5.82 Å². The van der Waals surface area contributed by atoms with Gasteiger partial charge in [0, 0.05) is 33.3 Å². The van der Waals surface area contributed by atoms with E-state index in [0.29, 0.717) is 45.6 Å². The molecule has 2 rings (SSSR count). The largest absolute Gasteiger partial charge is 0.384 e. The first-order valence-electron chi connectivity index (χ1n) is 7.44. The second-order valence-electron chi connectivity index (χ2n) is 5.25. The van der Waals surface area contributed by atoms with Gasteiger partial charge in [0.05, 0.1) is 18.6 Å². The molecule has 120 valence electrons. The average Bonchev–Trinajstić information content (AvgIpc) is 2.78. The maximum absolute atomic E-state index is 13.7. The fourth-order valence-electron chi connectivity index (χ4n) is 2.52. The van der Waals surface area contributed by atoms with Crippen LogP contribution in [0.15, 0.2) is 24.3 Å². The van der Waals surface area contributed by atoms with Gasteiger partial charge in [-0.25, -0.2) is 4.39 Å². The van der Waals surface area contributed by atoms with Crippen molar-refractivity contribution in [3.8, 4) is 0 Å². The summed E-state index contributed by atoms with van der Waals surface area (Å²) in [6.45, 7) is 2.44. The Hall–Kier alpha value is -1.95. The van der Waals surface area contributed by atoms with Crippen molar-refractivity contribution in [2.75, 3.05) is 39.9 Å². The van der Waals surface area contributed by atoms with E-state index in [-0.39, 0.29) is 17.4 Å². The van der Waals surface area contributed by atoms with Crippen molar-refractivity contribution in [2.45, 2.75) is 12.8 Å². The molecule has 0 N–H and O–H groups in total. The van der Waals surface area contributed by atoms with Crippen LogP contribution >= 0.6 is 0 Å². The molecule has 0 unspecified atom stereocenters. The number of rotatable bonds is 4. The quantitative estimate of drug-likeness (QED) is 0.848.